The van der Waals surface area contributed by atoms with Crippen LogP contribution in [0, 0.1) is 6.92 Å². The molecule has 0 unspecified atom stereocenters. The van der Waals surface area contributed by atoms with Gasteiger partial charge in [-0.2, -0.15) is 13.2 Å². The molecule has 0 saturated heterocycles. The van der Waals surface area contributed by atoms with Gasteiger partial charge in [0.05, 0.1) is 28.0 Å². The summed E-state index contributed by atoms with van der Waals surface area (Å²) in [6, 6.07) is 14.0. The van der Waals surface area contributed by atoms with E-state index >= 15 is 0 Å². The summed E-state index contributed by atoms with van der Waals surface area (Å²) in [6.45, 7) is 3.90. The second-order valence-electron chi connectivity index (χ2n) is 8.50. The smallest absolute Gasteiger partial charge is 0.398 e. The molecule has 2 N–H and O–H groups in total. The van der Waals surface area contributed by atoms with E-state index in [1.54, 1.807) is 18.5 Å². The maximum absolute atomic E-state index is 13.6. The average molecular weight is 486 g/mol. The van der Waals surface area contributed by atoms with E-state index in [0.717, 1.165) is 28.5 Å². The molecule has 0 aliphatic carbocycles. The fourth-order valence-corrected chi connectivity index (χ4v) is 4.35. The first kappa shape index (κ1) is 23.3. The van der Waals surface area contributed by atoms with E-state index in [4.69, 9.17) is 5.73 Å². The minimum Gasteiger partial charge on any atom is -0.398 e. The molecule has 0 aliphatic rings. The number of pyridine rings is 3. The molecule has 0 aliphatic heterocycles. The third-order valence-corrected chi connectivity index (χ3v) is 6.09. The number of allylic oxidation sites excluding steroid dienone is 1. The van der Waals surface area contributed by atoms with Crippen molar-refractivity contribution in [3.05, 3.63) is 100 Å². The lowest BCUT2D eigenvalue weighted by Crippen LogP contribution is -2.19. The number of fused-ring (bicyclic) bond motifs is 3. The number of aryl methyl sites for hydroxylation is 1. The Labute approximate surface area is 204 Å². The molecule has 36 heavy (non-hydrogen) atoms. The molecule has 0 spiro atoms. The number of nitrogen functional groups attached to an aromatic ring is 1. The fourth-order valence-electron chi connectivity index (χ4n) is 4.35. The topological polar surface area (TPSA) is 73.8 Å². The van der Waals surface area contributed by atoms with E-state index in [9.17, 15) is 18.0 Å². The molecule has 180 valence electrons. The van der Waals surface area contributed by atoms with E-state index in [2.05, 4.69) is 9.97 Å². The van der Waals surface area contributed by atoms with E-state index in [0.29, 0.717) is 21.8 Å². The number of halogens is 3. The monoisotopic (exact) mass is 486 g/mol. The maximum atomic E-state index is 13.6. The molecule has 0 fully saturated rings. The Kier molecular flexibility index (Phi) is 5.59. The third-order valence-electron chi connectivity index (χ3n) is 6.09. The van der Waals surface area contributed by atoms with Gasteiger partial charge in [0.25, 0.3) is 5.56 Å². The van der Waals surface area contributed by atoms with Crippen molar-refractivity contribution in [3.8, 4) is 16.8 Å². The second-order valence-corrected chi connectivity index (χ2v) is 8.50. The minimum absolute atomic E-state index is 0.0678. The number of hydrogen-bond acceptors (Lipinski definition) is 4. The quantitative estimate of drug-likeness (QED) is 0.232. The number of nitrogens with two attached hydrogens (primary N) is 1. The minimum atomic E-state index is -4.66. The predicted octanol–water partition coefficient (Wildman–Crippen LogP) is 6.54. The normalized spacial score (nSPS) is 12.1. The summed E-state index contributed by atoms with van der Waals surface area (Å²) in [7, 11) is 0. The second kappa shape index (κ2) is 8.64. The van der Waals surface area contributed by atoms with Crippen LogP contribution in [0.2, 0.25) is 0 Å². The molecular weight excluding hydrogens is 465 g/mol. The first-order valence-corrected chi connectivity index (χ1v) is 11.2. The summed E-state index contributed by atoms with van der Waals surface area (Å²) in [5.41, 5.74) is 8.44. The summed E-state index contributed by atoms with van der Waals surface area (Å²) in [5.74, 6) is 0. The van der Waals surface area contributed by atoms with Gasteiger partial charge < -0.3 is 5.73 Å². The predicted molar refractivity (Wildman–Crippen MR) is 137 cm³/mol. The van der Waals surface area contributed by atoms with Crippen LogP contribution in [0.1, 0.15) is 23.7 Å². The Bertz CT molecular complexity index is 1740. The van der Waals surface area contributed by atoms with E-state index in [1.165, 1.54) is 22.8 Å². The van der Waals surface area contributed by atoms with Crippen molar-refractivity contribution in [2.45, 2.75) is 20.0 Å². The summed E-state index contributed by atoms with van der Waals surface area (Å²) in [6.07, 6.45) is 2.56. The van der Waals surface area contributed by atoms with Crippen molar-refractivity contribution in [2.24, 2.45) is 0 Å². The molecular formula is C28H21F3N4O. The van der Waals surface area contributed by atoms with Gasteiger partial charge in [0.1, 0.15) is 0 Å². The molecule has 0 saturated carbocycles. The van der Waals surface area contributed by atoms with Crippen LogP contribution in [0.15, 0.2) is 77.9 Å². The molecule has 5 nitrogen and oxygen atoms in total. The molecule has 0 atom stereocenters. The highest BCUT2D eigenvalue weighted by molar-refractivity contribution is 6.05. The van der Waals surface area contributed by atoms with Crippen molar-refractivity contribution in [1.29, 1.82) is 0 Å². The Balaban J connectivity index is 1.80. The van der Waals surface area contributed by atoms with Crippen LogP contribution in [0.3, 0.4) is 0 Å². The van der Waals surface area contributed by atoms with E-state index in [1.807, 2.05) is 50.3 Å². The Hall–Kier alpha value is -4.46. The summed E-state index contributed by atoms with van der Waals surface area (Å²) >= 11 is 0. The largest absolute Gasteiger partial charge is 0.418 e. The number of hydrogen-bond donors (Lipinski definition) is 1. The summed E-state index contributed by atoms with van der Waals surface area (Å²) in [5, 5.41) is 1.24. The zero-order valence-corrected chi connectivity index (χ0v) is 19.5. The summed E-state index contributed by atoms with van der Waals surface area (Å²) in [4.78, 5) is 22.1. The van der Waals surface area contributed by atoms with Gasteiger partial charge in [0.15, 0.2) is 0 Å². The van der Waals surface area contributed by atoms with Gasteiger partial charge in [-0.1, -0.05) is 12.1 Å². The van der Waals surface area contributed by atoms with E-state index < -0.39 is 23.0 Å². The zero-order chi connectivity index (χ0) is 25.6. The average Bonchev–Trinajstić information content (AvgIpc) is 2.84. The van der Waals surface area contributed by atoms with Crippen LogP contribution in [-0.2, 0) is 6.18 Å². The van der Waals surface area contributed by atoms with Crippen LogP contribution in [0.25, 0.3) is 44.7 Å². The lowest BCUT2D eigenvalue weighted by molar-refractivity contribution is -0.136. The van der Waals surface area contributed by atoms with Crippen molar-refractivity contribution in [1.82, 2.24) is 14.5 Å². The van der Waals surface area contributed by atoms with Gasteiger partial charge >= 0.3 is 6.18 Å². The number of anilines is 1. The molecule has 0 amide bonds. The summed E-state index contributed by atoms with van der Waals surface area (Å²) < 4.78 is 42.0. The highest BCUT2D eigenvalue weighted by Crippen LogP contribution is 2.36. The van der Waals surface area contributed by atoms with E-state index in [-0.39, 0.29) is 5.69 Å². The molecule has 3 heterocycles. The fraction of sp³-hybridized carbons (Fsp3) is 0.107. The Morgan fingerprint density at radius 2 is 1.75 bits per heavy atom. The highest BCUT2D eigenvalue weighted by Gasteiger charge is 2.33. The van der Waals surface area contributed by atoms with Crippen LogP contribution >= 0.6 is 0 Å². The number of rotatable bonds is 3. The highest BCUT2D eigenvalue weighted by atomic mass is 19.4. The van der Waals surface area contributed by atoms with Gasteiger partial charge in [0.2, 0.25) is 0 Å². The lowest BCUT2D eigenvalue weighted by Gasteiger charge is -2.16. The van der Waals surface area contributed by atoms with Crippen LogP contribution in [0.5, 0.6) is 0 Å². The molecule has 5 aromatic rings. The first-order valence-electron chi connectivity index (χ1n) is 11.2. The first-order chi connectivity index (χ1) is 17.2. The SMILES string of the molecule is CC=Cc1ncc(-c2ccc3ncc4ccc(=O)n(-c5ccc(N)c(C(F)(F)F)c5)c4c3c2)cc1C. The van der Waals surface area contributed by atoms with Gasteiger partial charge in [0, 0.05) is 40.5 Å². The molecule has 8 heteroatoms. The molecule has 0 radical (unpaired) electrons. The molecule has 0 bridgehead atoms. The van der Waals surface area contributed by atoms with Gasteiger partial charge in [-0.25, -0.2) is 0 Å². The number of aromatic nitrogens is 3. The Morgan fingerprint density at radius 1 is 0.944 bits per heavy atom. The Morgan fingerprint density at radius 3 is 2.47 bits per heavy atom. The van der Waals surface area contributed by atoms with Crippen molar-refractivity contribution in [2.75, 3.05) is 5.73 Å². The lowest BCUT2D eigenvalue weighted by atomic mass is 10.0. The van der Waals surface area contributed by atoms with Crippen molar-refractivity contribution >= 4 is 33.6 Å². The van der Waals surface area contributed by atoms with Gasteiger partial charge in [-0.05, 0) is 73.5 Å². The number of alkyl halides is 3. The van der Waals surface area contributed by atoms with Gasteiger partial charge in [-0.15, -0.1) is 0 Å². The molecule has 2 aromatic carbocycles. The van der Waals surface area contributed by atoms with Crippen LogP contribution in [-0.4, -0.2) is 14.5 Å². The van der Waals surface area contributed by atoms with Crippen LogP contribution in [0.4, 0.5) is 18.9 Å². The third kappa shape index (κ3) is 4.00. The molecule has 3 aromatic heterocycles. The number of benzene rings is 2. The zero-order valence-electron chi connectivity index (χ0n) is 19.5. The standard InChI is InChI=1S/C28H21F3N4O/c1-3-4-24-16(2)11-19(15-33-24)17-5-9-25-21(12-17)27-18(14-34-25)6-10-26(36)35(27)20-7-8-23(32)22(13-20)28(29,30)31/h3-15H,32H2,1-2H3. The van der Waals surface area contributed by atoms with Crippen molar-refractivity contribution in [3.63, 3.8) is 0 Å². The maximum Gasteiger partial charge on any atom is 0.418 e. The van der Waals surface area contributed by atoms with Crippen LogP contribution < -0.4 is 11.3 Å². The molecule has 5 rings (SSSR count). The number of nitrogens with zero attached hydrogens (tertiary/aromatic N) is 3. The van der Waals surface area contributed by atoms with Crippen molar-refractivity contribution < 1.29 is 13.2 Å². The van der Waals surface area contributed by atoms with Gasteiger partial charge in [-0.3, -0.25) is 19.3 Å².